The molecule has 78 valence electrons. The quantitative estimate of drug-likeness (QED) is 0.693. The van der Waals surface area contributed by atoms with E-state index in [9.17, 15) is 12.6 Å². The Balaban J connectivity index is 2.59. The van der Waals surface area contributed by atoms with Gasteiger partial charge in [-0.05, 0) is 0 Å². The van der Waals surface area contributed by atoms with Crippen LogP contribution < -0.4 is 4.72 Å². The number of sulfone groups is 1. The predicted molar refractivity (Wildman–Crippen MR) is 53.9 cm³/mol. The van der Waals surface area contributed by atoms with Crippen molar-refractivity contribution in [1.82, 2.24) is 4.72 Å². The van der Waals surface area contributed by atoms with E-state index in [0.717, 1.165) is 0 Å². The minimum Gasteiger partial charge on any atom is -0.243 e. The molecule has 1 heterocycles. The summed E-state index contributed by atoms with van der Waals surface area (Å²) in [4.78, 5) is 0. The lowest BCUT2D eigenvalue weighted by molar-refractivity contribution is 0.600. The summed E-state index contributed by atoms with van der Waals surface area (Å²) in [6, 6.07) is -0.368. The summed E-state index contributed by atoms with van der Waals surface area (Å²) in [5, 5.41) is -0.458. The molecule has 0 bridgehead atoms. The van der Waals surface area contributed by atoms with Crippen molar-refractivity contribution in [3.05, 3.63) is 0 Å². The number of hydrogen-bond acceptors (Lipinski definition) is 3. The first-order valence-corrected chi connectivity index (χ1v) is 7.51. The van der Waals surface area contributed by atoms with E-state index in [2.05, 4.69) is 4.72 Å². The molecule has 0 amide bonds. The average molecular weight is 246 g/mol. The van der Waals surface area contributed by atoms with E-state index in [4.69, 9.17) is 11.6 Å². The molecule has 4 nitrogen and oxygen atoms in total. The van der Waals surface area contributed by atoms with E-state index < -0.39 is 26.2 Å². The number of hydrogen-bond donors (Lipinski definition) is 1. The van der Waals surface area contributed by atoms with Gasteiger partial charge in [-0.3, -0.25) is 0 Å². The fourth-order valence-electron chi connectivity index (χ4n) is 1.16. The van der Waals surface area contributed by atoms with Gasteiger partial charge < -0.3 is 0 Å². The fourth-order valence-corrected chi connectivity index (χ4v) is 4.65. The molecule has 1 saturated heterocycles. The van der Waals surface area contributed by atoms with Crippen molar-refractivity contribution in [2.75, 3.05) is 17.3 Å². The van der Waals surface area contributed by atoms with E-state index in [1.807, 2.05) is 0 Å². The Morgan fingerprint density at radius 3 is 2.54 bits per heavy atom. The van der Waals surface area contributed by atoms with E-state index in [0.29, 0.717) is 5.75 Å². The molecule has 0 radical (unpaired) electrons. The highest BCUT2D eigenvalue weighted by molar-refractivity contribution is 7.92. The highest BCUT2D eigenvalue weighted by Gasteiger charge is 2.36. The van der Waals surface area contributed by atoms with Crippen LogP contribution in [0.4, 0.5) is 0 Å². The first-order chi connectivity index (χ1) is 5.94. The summed E-state index contributed by atoms with van der Waals surface area (Å²) in [7, 11) is -4.20. The van der Waals surface area contributed by atoms with E-state index in [-0.39, 0.29) is 17.5 Å². The minimum absolute atomic E-state index is 0.00704. The second-order valence-corrected chi connectivity index (χ2v) is 7.17. The van der Waals surface area contributed by atoms with Crippen molar-refractivity contribution in [2.45, 2.75) is 18.3 Å². The summed E-state index contributed by atoms with van der Waals surface area (Å²) in [6.07, 6.45) is 0. The first-order valence-electron chi connectivity index (χ1n) is 3.93. The average Bonchev–Trinajstić information content (AvgIpc) is 2.24. The molecule has 1 rings (SSSR count). The van der Waals surface area contributed by atoms with Gasteiger partial charge in [-0.15, -0.1) is 11.6 Å². The zero-order chi connectivity index (χ0) is 10.1. The molecular weight excluding hydrogens is 234 g/mol. The number of alkyl halides is 1. The van der Waals surface area contributed by atoms with Crippen molar-refractivity contribution < 1.29 is 12.6 Å². The van der Waals surface area contributed by atoms with Crippen molar-refractivity contribution in [3.8, 4) is 0 Å². The molecule has 7 heteroatoms. The van der Waals surface area contributed by atoms with E-state index >= 15 is 0 Å². The molecule has 0 aromatic rings. The van der Waals surface area contributed by atoms with Crippen molar-refractivity contribution in [2.24, 2.45) is 0 Å². The number of nitrogens with one attached hydrogen (secondary N) is 1. The third-order valence-corrected chi connectivity index (χ3v) is 5.29. The van der Waals surface area contributed by atoms with Gasteiger partial charge in [-0.2, -0.15) is 0 Å². The van der Waals surface area contributed by atoms with Crippen LogP contribution in [0, 0.1) is 0 Å². The van der Waals surface area contributed by atoms with Crippen LogP contribution in [0.1, 0.15) is 6.92 Å². The lowest BCUT2D eigenvalue weighted by Crippen LogP contribution is -2.38. The summed E-state index contributed by atoms with van der Waals surface area (Å²) < 4.78 is 36.0. The van der Waals surface area contributed by atoms with E-state index in [1.165, 1.54) is 0 Å². The molecule has 1 aliphatic rings. The smallest absolute Gasteiger partial charge is 0.153 e. The van der Waals surface area contributed by atoms with Gasteiger partial charge in [0.1, 0.15) is 0 Å². The van der Waals surface area contributed by atoms with E-state index in [1.54, 1.807) is 6.92 Å². The van der Waals surface area contributed by atoms with Gasteiger partial charge in [-0.25, -0.2) is 17.3 Å². The summed E-state index contributed by atoms with van der Waals surface area (Å²) in [5.41, 5.74) is 0. The van der Waals surface area contributed by atoms with Crippen LogP contribution in [-0.4, -0.2) is 41.3 Å². The Bertz CT molecular complexity index is 303. The summed E-state index contributed by atoms with van der Waals surface area (Å²) in [5.74, 6) is 0.431. The maximum atomic E-state index is 11.1. The normalized spacial score (nSPS) is 34.6. The first kappa shape index (κ1) is 11.4. The van der Waals surface area contributed by atoms with Crippen molar-refractivity contribution in [3.63, 3.8) is 0 Å². The van der Waals surface area contributed by atoms with Gasteiger partial charge in [0.2, 0.25) is 0 Å². The molecule has 1 aliphatic heterocycles. The van der Waals surface area contributed by atoms with Crippen molar-refractivity contribution >= 4 is 32.4 Å². The Morgan fingerprint density at radius 1 is 1.54 bits per heavy atom. The lowest BCUT2D eigenvalue weighted by atomic mass is 10.3. The van der Waals surface area contributed by atoms with Crippen LogP contribution in [0.5, 0.6) is 0 Å². The molecule has 0 aromatic carbocycles. The summed E-state index contributed by atoms with van der Waals surface area (Å²) >= 11 is 5.79. The Morgan fingerprint density at radius 2 is 2.15 bits per heavy atom. The van der Waals surface area contributed by atoms with Gasteiger partial charge in [0.25, 0.3) is 0 Å². The van der Waals surface area contributed by atoms with Crippen LogP contribution in [0.15, 0.2) is 0 Å². The van der Waals surface area contributed by atoms with Crippen LogP contribution >= 0.6 is 11.6 Å². The Kier molecular flexibility index (Phi) is 3.73. The third kappa shape index (κ3) is 3.19. The van der Waals surface area contributed by atoms with Crippen LogP contribution in [0.25, 0.3) is 0 Å². The highest BCUT2D eigenvalue weighted by atomic mass is 35.5. The number of halogens is 1. The second-order valence-electron chi connectivity index (χ2n) is 2.95. The number of rotatable bonds is 3. The van der Waals surface area contributed by atoms with Crippen LogP contribution in [0.3, 0.4) is 0 Å². The monoisotopic (exact) mass is 245 g/mol. The third-order valence-electron chi connectivity index (χ3n) is 1.83. The zero-order valence-electron chi connectivity index (χ0n) is 7.20. The maximum absolute atomic E-state index is 11.1. The zero-order valence-corrected chi connectivity index (χ0v) is 9.58. The standard InChI is InChI=1S/C6H12ClNO3S2/c1-2-12(9)8-6-4-13(10,11)3-5(6)7/h5-6,8H,2-4H2,1H3. The van der Waals surface area contributed by atoms with Crippen molar-refractivity contribution in [1.29, 1.82) is 0 Å². The van der Waals surface area contributed by atoms with Crippen LogP contribution in [-0.2, 0) is 20.8 Å². The molecule has 0 aromatic heterocycles. The van der Waals surface area contributed by atoms with Gasteiger partial charge >= 0.3 is 0 Å². The lowest BCUT2D eigenvalue weighted by Gasteiger charge is -2.11. The van der Waals surface area contributed by atoms with Gasteiger partial charge in [0, 0.05) is 5.75 Å². The topological polar surface area (TPSA) is 63.2 Å². The molecular formula is C6H12ClNO3S2. The molecule has 3 unspecified atom stereocenters. The van der Waals surface area contributed by atoms with Crippen LogP contribution in [0.2, 0.25) is 0 Å². The maximum Gasteiger partial charge on any atom is 0.153 e. The minimum atomic E-state index is -3.03. The Labute approximate surface area is 85.5 Å². The van der Waals surface area contributed by atoms with Gasteiger partial charge in [0.15, 0.2) is 9.84 Å². The molecule has 0 spiro atoms. The molecule has 13 heavy (non-hydrogen) atoms. The molecule has 1 fully saturated rings. The molecule has 0 aliphatic carbocycles. The molecule has 1 N–H and O–H groups in total. The highest BCUT2D eigenvalue weighted by Crippen LogP contribution is 2.18. The summed E-state index contributed by atoms with van der Waals surface area (Å²) in [6.45, 7) is 1.76. The predicted octanol–water partition coefficient (Wildman–Crippen LogP) is -0.336. The fraction of sp³-hybridized carbons (Fsp3) is 1.00. The van der Waals surface area contributed by atoms with Gasteiger partial charge in [-0.1, -0.05) is 6.92 Å². The Hall–Kier alpha value is 0.350. The van der Waals surface area contributed by atoms with Gasteiger partial charge in [0.05, 0.1) is 33.9 Å². The SMILES string of the molecule is CCS(=O)NC1CS(=O)(=O)CC1Cl. The second kappa shape index (κ2) is 4.25. The molecule has 3 atom stereocenters. The molecule has 0 saturated carbocycles. The largest absolute Gasteiger partial charge is 0.243 e.